The van der Waals surface area contributed by atoms with Crippen molar-refractivity contribution in [1.29, 1.82) is 0 Å². The molecule has 1 N–H and O–H groups in total. The van der Waals surface area contributed by atoms with Crippen LogP contribution < -0.4 is 0 Å². The zero-order chi connectivity index (χ0) is 15.4. The second-order valence-electron chi connectivity index (χ2n) is 6.05. The van der Waals surface area contributed by atoms with E-state index in [2.05, 4.69) is 35.7 Å². The zero-order valence-corrected chi connectivity index (χ0v) is 13.6. The summed E-state index contributed by atoms with van der Waals surface area (Å²) in [6, 6.07) is 2.48. The molecular formula is C16H27N3O2. The van der Waals surface area contributed by atoms with E-state index >= 15 is 0 Å². The summed E-state index contributed by atoms with van der Waals surface area (Å²) in [7, 11) is 3.58. The van der Waals surface area contributed by atoms with Crippen LogP contribution in [0.25, 0.3) is 0 Å². The third-order valence-corrected chi connectivity index (χ3v) is 4.54. The molecule has 5 heteroatoms. The lowest BCUT2D eigenvalue weighted by Crippen LogP contribution is -2.48. The molecule has 1 aliphatic heterocycles. The van der Waals surface area contributed by atoms with Crippen molar-refractivity contribution in [2.24, 2.45) is 5.92 Å². The van der Waals surface area contributed by atoms with Gasteiger partial charge in [-0.25, -0.2) is 4.79 Å². The van der Waals surface area contributed by atoms with Crippen molar-refractivity contribution in [2.75, 3.05) is 33.8 Å². The predicted molar refractivity (Wildman–Crippen MR) is 83.3 cm³/mol. The van der Waals surface area contributed by atoms with E-state index in [9.17, 15) is 4.79 Å². The number of carbonyl (C=O) groups is 1. The van der Waals surface area contributed by atoms with Crippen LogP contribution in [0.1, 0.15) is 36.3 Å². The lowest BCUT2D eigenvalue weighted by atomic mass is 9.92. The number of H-pyrrole nitrogens is 1. The van der Waals surface area contributed by atoms with E-state index < -0.39 is 0 Å². The van der Waals surface area contributed by atoms with Crippen LogP contribution in [0.4, 0.5) is 0 Å². The molecule has 21 heavy (non-hydrogen) atoms. The molecule has 0 radical (unpaired) electrons. The van der Waals surface area contributed by atoms with Crippen molar-refractivity contribution >= 4 is 5.97 Å². The van der Waals surface area contributed by atoms with E-state index in [1.54, 1.807) is 0 Å². The minimum Gasteiger partial charge on any atom is -0.464 e. The van der Waals surface area contributed by atoms with Crippen LogP contribution in [0, 0.1) is 5.92 Å². The summed E-state index contributed by atoms with van der Waals surface area (Å²) in [6.45, 7) is 8.91. The van der Waals surface area contributed by atoms with Crippen molar-refractivity contribution in [3.05, 3.63) is 23.5 Å². The van der Waals surface area contributed by atoms with Crippen molar-refractivity contribution in [1.82, 2.24) is 14.8 Å². The number of rotatable bonds is 5. The molecular weight excluding hydrogens is 266 g/mol. The van der Waals surface area contributed by atoms with Gasteiger partial charge in [0.15, 0.2) is 0 Å². The number of aromatic amines is 1. The zero-order valence-electron chi connectivity index (χ0n) is 13.6. The molecule has 0 aromatic carbocycles. The first-order valence-corrected chi connectivity index (χ1v) is 7.73. The van der Waals surface area contributed by atoms with Crippen LogP contribution in [0.3, 0.4) is 0 Å². The Morgan fingerprint density at radius 2 is 2.33 bits per heavy atom. The van der Waals surface area contributed by atoms with Gasteiger partial charge in [-0.2, -0.15) is 0 Å². The van der Waals surface area contributed by atoms with E-state index in [1.165, 1.54) is 26.6 Å². The fourth-order valence-electron chi connectivity index (χ4n) is 3.33. The van der Waals surface area contributed by atoms with Gasteiger partial charge in [0.25, 0.3) is 0 Å². The highest BCUT2D eigenvalue weighted by Gasteiger charge is 2.28. The molecule has 0 bridgehead atoms. The number of likely N-dealkylation sites (tertiary alicyclic amines) is 1. The van der Waals surface area contributed by atoms with Gasteiger partial charge < -0.3 is 14.6 Å². The first kappa shape index (κ1) is 16.0. The molecule has 1 aliphatic rings. The van der Waals surface area contributed by atoms with Crippen LogP contribution >= 0.6 is 0 Å². The predicted octanol–water partition coefficient (Wildman–Crippen LogP) is 1.96. The Morgan fingerprint density at radius 1 is 1.57 bits per heavy atom. The van der Waals surface area contributed by atoms with E-state index in [1.807, 2.05) is 12.3 Å². The highest BCUT2D eigenvalue weighted by Crippen LogP contribution is 2.22. The van der Waals surface area contributed by atoms with Gasteiger partial charge in [-0.15, -0.1) is 0 Å². The summed E-state index contributed by atoms with van der Waals surface area (Å²) in [4.78, 5) is 19.4. The van der Waals surface area contributed by atoms with Gasteiger partial charge in [-0.05, 0) is 44.1 Å². The Bertz CT molecular complexity index is 472. The standard InChI is InChI=1S/C16H27N3O2/c1-5-19-7-6-15(12(2)10-19)18(3)11-13-8-14(17-9-13)16(20)21-4/h8-9,12,15,17H,5-7,10-11H2,1-4H3/t12-,15+/m1/s1. The summed E-state index contributed by atoms with van der Waals surface area (Å²) in [5.41, 5.74) is 1.65. The number of piperidine rings is 1. The molecule has 5 nitrogen and oxygen atoms in total. The number of nitrogens with zero attached hydrogens (tertiary/aromatic N) is 2. The third-order valence-electron chi connectivity index (χ3n) is 4.54. The molecule has 0 aliphatic carbocycles. The van der Waals surface area contributed by atoms with Crippen molar-refractivity contribution in [3.8, 4) is 0 Å². The van der Waals surface area contributed by atoms with Crippen LogP contribution in [0.5, 0.6) is 0 Å². The van der Waals surface area contributed by atoms with Crippen LogP contribution in [-0.4, -0.2) is 60.6 Å². The number of carbonyl (C=O) groups excluding carboxylic acids is 1. The van der Waals surface area contributed by atoms with Crippen LogP contribution in [-0.2, 0) is 11.3 Å². The van der Waals surface area contributed by atoms with Gasteiger partial charge in [-0.1, -0.05) is 13.8 Å². The van der Waals surface area contributed by atoms with Gasteiger partial charge in [-0.3, -0.25) is 4.90 Å². The van der Waals surface area contributed by atoms with E-state index in [0.717, 1.165) is 18.7 Å². The van der Waals surface area contributed by atoms with Crippen LogP contribution in [0.2, 0.25) is 0 Å². The fourth-order valence-corrected chi connectivity index (χ4v) is 3.33. The number of hydrogen-bond donors (Lipinski definition) is 1. The second-order valence-corrected chi connectivity index (χ2v) is 6.05. The number of nitrogens with one attached hydrogen (secondary N) is 1. The summed E-state index contributed by atoms with van der Waals surface area (Å²) >= 11 is 0. The van der Waals surface area contributed by atoms with Gasteiger partial charge in [0.05, 0.1) is 7.11 Å². The minimum atomic E-state index is -0.312. The largest absolute Gasteiger partial charge is 0.464 e. The molecule has 0 spiro atoms. The average molecular weight is 293 g/mol. The first-order valence-electron chi connectivity index (χ1n) is 7.73. The van der Waals surface area contributed by atoms with Crippen molar-refractivity contribution in [3.63, 3.8) is 0 Å². The number of methoxy groups -OCH3 is 1. The highest BCUT2D eigenvalue weighted by atomic mass is 16.5. The molecule has 2 heterocycles. The maximum atomic E-state index is 11.5. The first-order chi connectivity index (χ1) is 10.0. The van der Waals surface area contributed by atoms with E-state index in [-0.39, 0.29) is 5.97 Å². The monoisotopic (exact) mass is 293 g/mol. The number of ether oxygens (including phenoxy) is 1. The highest BCUT2D eigenvalue weighted by molar-refractivity contribution is 5.87. The molecule has 2 rings (SSSR count). The van der Waals surface area contributed by atoms with Gasteiger partial charge >= 0.3 is 5.97 Å². The van der Waals surface area contributed by atoms with Gasteiger partial charge in [0, 0.05) is 25.3 Å². The summed E-state index contributed by atoms with van der Waals surface area (Å²) in [6.07, 6.45) is 3.11. The minimum absolute atomic E-state index is 0.312. The molecule has 0 unspecified atom stereocenters. The molecule has 1 saturated heterocycles. The van der Waals surface area contributed by atoms with Gasteiger partial charge in [0.1, 0.15) is 5.69 Å². The molecule has 1 fully saturated rings. The molecule has 2 atom stereocenters. The maximum Gasteiger partial charge on any atom is 0.354 e. The van der Waals surface area contributed by atoms with Gasteiger partial charge in [0.2, 0.25) is 0 Å². The number of hydrogen-bond acceptors (Lipinski definition) is 4. The number of aromatic nitrogens is 1. The topological polar surface area (TPSA) is 48.6 Å². The third kappa shape index (κ3) is 3.86. The molecule has 1 aromatic heterocycles. The lowest BCUT2D eigenvalue weighted by Gasteiger charge is -2.41. The molecule has 118 valence electrons. The fraction of sp³-hybridized carbons (Fsp3) is 0.688. The average Bonchev–Trinajstić information content (AvgIpc) is 2.94. The Hall–Kier alpha value is -1.33. The lowest BCUT2D eigenvalue weighted by molar-refractivity contribution is 0.0594. The smallest absolute Gasteiger partial charge is 0.354 e. The summed E-state index contributed by atoms with van der Waals surface area (Å²) in [5, 5.41) is 0. The second kappa shape index (κ2) is 7.09. The Morgan fingerprint density at radius 3 is 2.95 bits per heavy atom. The Kier molecular flexibility index (Phi) is 5.42. The van der Waals surface area contributed by atoms with Crippen molar-refractivity contribution < 1.29 is 9.53 Å². The van der Waals surface area contributed by atoms with E-state index in [0.29, 0.717) is 17.7 Å². The Labute approximate surface area is 127 Å². The quantitative estimate of drug-likeness (QED) is 0.843. The Balaban J connectivity index is 1.93. The van der Waals surface area contributed by atoms with Crippen LogP contribution in [0.15, 0.2) is 12.3 Å². The maximum absolute atomic E-state index is 11.5. The molecule has 1 aromatic rings. The SMILES string of the molecule is CCN1CC[C@H](N(C)Cc2c[nH]c(C(=O)OC)c2)[C@H](C)C1. The number of esters is 1. The summed E-state index contributed by atoms with van der Waals surface area (Å²) in [5.74, 6) is 0.358. The molecule has 0 saturated carbocycles. The normalized spacial score (nSPS) is 23.5. The summed E-state index contributed by atoms with van der Waals surface area (Å²) < 4.78 is 4.72. The molecule has 0 amide bonds. The van der Waals surface area contributed by atoms with E-state index in [4.69, 9.17) is 4.74 Å². The van der Waals surface area contributed by atoms with Crippen molar-refractivity contribution in [2.45, 2.75) is 32.9 Å².